The molecule has 0 saturated carbocycles. The summed E-state index contributed by atoms with van der Waals surface area (Å²) in [6, 6.07) is 24.0. The molecule has 3 aromatic rings. The van der Waals surface area contributed by atoms with Gasteiger partial charge in [-0.3, -0.25) is 14.4 Å². The molecular weight excluding hydrogens is 532 g/mol. The van der Waals surface area contributed by atoms with E-state index in [2.05, 4.69) is 4.99 Å². The maximum atomic E-state index is 13.3. The lowest BCUT2D eigenvalue weighted by Crippen LogP contribution is -2.28. The van der Waals surface area contributed by atoms with Gasteiger partial charge in [-0.2, -0.15) is 0 Å². The van der Waals surface area contributed by atoms with Gasteiger partial charge in [0, 0.05) is 31.2 Å². The molecule has 0 radical (unpaired) electrons. The van der Waals surface area contributed by atoms with Crippen molar-refractivity contribution in [2.75, 3.05) is 18.6 Å². The van der Waals surface area contributed by atoms with Crippen molar-refractivity contribution < 1.29 is 29.0 Å². The SMILES string of the molecule is CN(C(=O)C1=CCC(=NC(=O)c2ccccc2OCc2ccccc2)C=C1)c1ccccc1OCCCCCC(=O)O. The fourth-order valence-electron chi connectivity index (χ4n) is 4.37. The molecule has 8 nitrogen and oxygen atoms in total. The molecule has 1 aliphatic rings. The number of carboxylic acids is 1. The summed E-state index contributed by atoms with van der Waals surface area (Å²) in [4.78, 5) is 42.8. The Kier molecular flexibility index (Phi) is 10.8. The summed E-state index contributed by atoms with van der Waals surface area (Å²) in [6.45, 7) is 0.764. The van der Waals surface area contributed by atoms with Gasteiger partial charge < -0.3 is 19.5 Å². The Bertz CT molecular complexity index is 1490. The zero-order valence-corrected chi connectivity index (χ0v) is 23.6. The number of ether oxygens (including phenoxy) is 2. The number of unbranched alkanes of at least 4 members (excludes halogenated alkanes) is 2. The molecule has 1 aliphatic carbocycles. The fraction of sp³-hybridized carbons (Fsp3) is 0.235. The predicted molar refractivity (Wildman–Crippen MR) is 162 cm³/mol. The lowest BCUT2D eigenvalue weighted by molar-refractivity contribution is -0.137. The minimum absolute atomic E-state index is 0.146. The van der Waals surface area contributed by atoms with Gasteiger partial charge in [0.25, 0.3) is 11.8 Å². The quantitative estimate of drug-likeness (QED) is 0.239. The van der Waals surface area contributed by atoms with Gasteiger partial charge >= 0.3 is 5.97 Å². The van der Waals surface area contributed by atoms with Crippen LogP contribution in [0.3, 0.4) is 0 Å². The van der Waals surface area contributed by atoms with E-state index < -0.39 is 11.9 Å². The average Bonchev–Trinajstić information content (AvgIpc) is 3.02. The standard InChI is InChI=1S/C34H34N2O6/c1-36(29-15-8-10-17-31(29)41-23-11-3-6-18-32(37)38)34(40)26-19-21-27(22-20-26)35-33(39)28-14-7-9-16-30(28)42-24-25-12-4-2-5-13-25/h2,4-5,7-10,12-17,19-21H,3,6,11,18,22-24H2,1H3,(H,37,38). The number of hydrogen-bond donors (Lipinski definition) is 1. The molecule has 0 spiro atoms. The second kappa shape index (κ2) is 15.1. The summed E-state index contributed by atoms with van der Waals surface area (Å²) in [5.41, 5.74) is 3.03. The molecule has 0 bridgehead atoms. The number of para-hydroxylation sites is 3. The zero-order chi connectivity index (χ0) is 29.7. The molecule has 4 rings (SSSR count). The molecule has 1 N–H and O–H groups in total. The van der Waals surface area contributed by atoms with Crippen molar-refractivity contribution >= 4 is 29.2 Å². The van der Waals surface area contributed by atoms with Crippen LogP contribution in [0.1, 0.15) is 48.0 Å². The summed E-state index contributed by atoms with van der Waals surface area (Å²) in [6.07, 6.45) is 7.66. The Morgan fingerprint density at radius 1 is 0.833 bits per heavy atom. The van der Waals surface area contributed by atoms with Crippen LogP contribution in [0.2, 0.25) is 0 Å². The molecule has 0 aromatic heterocycles. The molecule has 0 atom stereocenters. The number of allylic oxidation sites excluding steroid dienone is 2. The number of anilines is 1. The number of likely N-dealkylation sites (N-methyl/N-ethyl adjacent to an activating group) is 1. The lowest BCUT2D eigenvalue weighted by atomic mass is 10.0. The highest BCUT2D eigenvalue weighted by atomic mass is 16.5. The number of rotatable bonds is 13. The minimum atomic E-state index is -0.799. The second-order valence-corrected chi connectivity index (χ2v) is 9.76. The van der Waals surface area contributed by atoms with E-state index in [1.165, 1.54) is 4.90 Å². The van der Waals surface area contributed by atoms with Gasteiger partial charge in [0.1, 0.15) is 18.1 Å². The molecule has 8 heteroatoms. The number of aliphatic carboxylic acids is 1. The Labute approximate surface area is 245 Å². The van der Waals surface area contributed by atoms with Crippen LogP contribution >= 0.6 is 0 Å². The molecule has 0 fully saturated rings. The van der Waals surface area contributed by atoms with E-state index in [1.54, 1.807) is 49.5 Å². The molecule has 0 aliphatic heterocycles. The van der Waals surface area contributed by atoms with Crippen molar-refractivity contribution in [1.82, 2.24) is 0 Å². The van der Waals surface area contributed by atoms with Crippen molar-refractivity contribution in [1.29, 1.82) is 0 Å². The number of hydrogen-bond acceptors (Lipinski definition) is 5. The Balaban J connectivity index is 1.35. The maximum absolute atomic E-state index is 13.3. The molecular formula is C34H34N2O6. The molecule has 2 amide bonds. The maximum Gasteiger partial charge on any atom is 0.303 e. The number of carbonyl (C=O) groups is 3. The van der Waals surface area contributed by atoms with E-state index in [-0.39, 0.29) is 12.3 Å². The van der Waals surface area contributed by atoms with Gasteiger partial charge in [-0.25, -0.2) is 4.99 Å². The number of amides is 2. The highest BCUT2D eigenvalue weighted by Crippen LogP contribution is 2.29. The molecule has 0 unspecified atom stereocenters. The van der Waals surface area contributed by atoms with Gasteiger partial charge in [0.15, 0.2) is 0 Å². The lowest BCUT2D eigenvalue weighted by Gasteiger charge is -2.22. The summed E-state index contributed by atoms with van der Waals surface area (Å²) in [5, 5.41) is 8.76. The van der Waals surface area contributed by atoms with Crippen LogP contribution in [0, 0.1) is 0 Å². The van der Waals surface area contributed by atoms with Crippen molar-refractivity contribution in [2.24, 2.45) is 4.99 Å². The van der Waals surface area contributed by atoms with Crippen LogP contribution in [0.4, 0.5) is 5.69 Å². The van der Waals surface area contributed by atoms with E-state index in [9.17, 15) is 14.4 Å². The minimum Gasteiger partial charge on any atom is -0.491 e. The molecule has 0 heterocycles. The third kappa shape index (κ3) is 8.51. The van der Waals surface area contributed by atoms with Crippen molar-refractivity contribution in [3.63, 3.8) is 0 Å². The smallest absolute Gasteiger partial charge is 0.303 e. The number of aliphatic imine (C=N–C) groups is 1. The van der Waals surface area contributed by atoms with E-state index >= 15 is 0 Å². The van der Waals surface area contributed by atoms with Gasteiger partial charge in [0.2, 0.25) is 0 Å². The monoisotopic (exact) mass is 566 g/mol. The van der Waals surface area contributed by atoms with Crippen LogP contribution in [0.25, 0.3) is 0 Å². The first-order chi connectivity index (χ1) is 20.4. The zero-order valence-electron chi connectivity index (χ0n) is 23.6. The van der Waals surface area contributed by atoms with Gasteiger partial charge in [-0.1, -0.05) is 60.7 Å². The number of nitrogens with zero attached hydrogens (tertiary/aromatic N) is 2. The molecule has 0 saturated heterocycles. The van der Waals surface area contributed by atoms with Gasteiger partial charge in [0.05, 0.1) is 17.9 Å². The first kappa shape index (κ1) is 30.0. The molecule has 3 aromatic carbocycles. The van der Waals surface area contributed by atoms with Crippen LogP contribution in [-0.4, -0.2) is 42.3 Å². The van der Waals surface area contributed by atoms with Crippen molar-refractivity contribution in [3.8, 4) is 11.5 Å². The summed E-state index contributed by atoms with van der Waals surface area (Å²) < 4.78 is 11.8. The molecule has 42 heavy (non-hydrogen) atoms. The summed E-state index contributed by atoms with van der Waals surface area (Å²) in [5.74, 6) is -0.383. The third-order valence-corrected chi connectivity index (χ3v) is 6.66. The fourth-order valence-corrected chi connectivity index (χ4v) is 4.37. The molecule has 216 valence electrons. The number of carboxylic acid groups (broad SMARTS) is 1. The highest BCUT2D eigenvalue weighted by molar-refractivity contribution is 6.14. The summed E-state index contributed by atoms with van der Waals surface area (Å²) in [7, 11) is 1.69. The third-order valence-electron chi connectivity index (χ3n) is 6.66. The Morgan fingerprint density at radius 2 is 1.55 bits per heavy atom. The number of benzene rings is 3. The first-order valence-corrected chi connectivity index (χ1v) is 13.9. The van der Waals surface area contributed by atoms with Crippen LogP contribution in [-0.2, 0) is 16.2 Å². The predicted octanol–water partition coefficient (Wildman–Crippen LogP) is 6.42. The Morgan fingerprint density at radius 3 is 2.29 bits per heavy atom. The van der Waals surface area contributed by atoms with Gasteiger partial charge in [-0.15, -0.1) is 0 Å². The second-order valence-electron chi connectivity index (χ2n) is 9.76. The van der Waals surface area contributed by atoms with Crippen molar-refractivity contribution in [3.05, 3.63) is 114 Å². The normalized spacial score (nSPS) is 13.4. The van der Waals surface area contributed by atoms with Crippen LogP contribution in [0.5, 0.6) is 11.5 Å². The largest absolute Gasteiger partial charge is 0.491 e. The summed E-state index contributed by atoms with van der Waals surface area (Å²) >= 11 is 0. The van der Waals surface area contributed by atoms with Crippen LogP contribution in [0.15, 0.2) is 108 Å². The van der Waals surface area contributed by atoms with E-state index in [0.717, 1.165) is 18.4 Å². The van der Waals surface area contributed by atoms with E-state index in [1.807, 2.05) is 54.6 Å². The first-order valence-electron chi connectivity index (χ1n) is 13.9. The van der Waals surface area contributed by atoms with Gasteiger partial charge in [-0.05, 0) is 61.2 Å². The topological polar surface area (TPSA) is 106 Å². The van der Waals surface area contributed by atoms with E-state index in [4.69, 9.17) is 14.6 Å². The average molecular weight is 567 g/mol. The highest BCUT2D eigenvalue weighted by Gasteiger charge is 2.20. The van der Waals surface area contributed by atoms with Crippen molar-refractivity contribution in [2.45, 2.75) is 38.7 Å². The van der Waals surface area contributed by atoms with E-state index in [0.29, 0.717) is 60.1 Å². The number of carbonyl (C=O) groups excluding carboxylic acids is 2. The van der Waals surface area contributed by atoms with Crippen LogP contribution < -0.4 is 14.4 Å². The Hall–Kier alpha value is -4.98.